The Hall–Kier alpha value is -0.660. The van der Waals surface area contributed by atoms with Crippen LogP contribution in [-0.4, -0.2) is 54.3 Å². The molecule has 116 valence electrons. The fraction of sp³-hybridized carbons (Fsp3) is 0.923. The van der Waals surface area contributed by atoms with E-state index in [1.54, 1.807) is 6.92 Å². The van der Waals surface area contributed by atoms with E-state index in [4.69, 9.17) is 4.74 Å². The van der Waals surface area contributed by atoms with Gasteiger partial charge in [0.15, 0.2) is 0 Å². The minimum atomic E-state index is -3.54. The lowest BCUT2D eigenvalue weighted by molar-refractivity contribution is -0.147. The third-order valence-corrected chi connectivity index (χ3v) is 6.42. The van der Waals surface area contributed by atoms with Crippen LogP contribution in [0.15, 0.2) is 0 Å². The zero-order valence-electron chi connectivity index (χ0n) is 11.9. The predicted octanol–water partition coefficient (Wildman–Crippen LogP) is 1.21. The van der Waals surface area contributed by atoms with Crippen molar-refractivity contribution in [2.75, 3.05) is 18.9 Å². The van der Waals surface area contributed by atoms with Gasteiger partial charge in [0.1, 0.15) is 5.54 Å². The zero-order chi connectivity index (χ0) is 14.8. The summed E-state index contributed by atoms with van der Waals surface area (Å²) in [6.07, 6.45) is 3.65. The van der Waals surface area contributed by atoms with E-state index < -0.39 is 21.5 Å². The number of rotatable bonds is 6. The SMILES string of the molecule is CCC1(C(=O)O)CCCN1S(=O)(=O)CCC1CCCO1. The molecule has 0 aromatic carbocycles. The molecule has 7 heteroatoms. The molecule has 0 bridgehead atoms. The lowest BCUT2D eigenvalue weighted by Crippen LogP contribution is -2.53. The second kappa shape index (κ2) is 5.99. The molecule has 2 aliphatic rings. The first-order valence-corrected chi connectivity index (χ1v) is 8.89. The summed E-state index contributed by atoms with van der Waals surface area (Å²) in [4.78, 5) is 11.5. The molecule has 0 spiro atoms. The number of carboxylic acids is 1. The van der Waals surface area contributed by atoms with Gasteiger partial charge in [0.05, 0.1) is 11.9 Å². The van der Waals surface area contributed by atoms with Crippen LogP contribution in [0.2, 0.25) is 0 Å². The summed E-state index contributed by atoms with van der Waals surface area (Å²) >= 11 is 0. The van der Waals surface area contributed by atoms with Crippen molar-refractivity contribution in [3.8, 4) is 0 Å². The van der Waals surface area contributed by atoms with E-state index in [0.717, 1.165) is 12.8 Å². The number of carboxylic acid groups (broad SMARTS) is 1. The van der Waals surface area contributed by atoms with Crippen molar-refractivity contribution in [3.63, 3.8) is 0 Å². The van der Waals surface area contributed by atoms with Gasteiger partial charge < -0.3 is 9.84 Å². The van der Waals surface area contributed by atoms with E-state index in [-0.39, 0.29) is 11.9 Å². The van der Waals surface area contributed by atoms with Gasteiger partial charge in [-0.1, -0.05) is 6.92 Å². The van der Waals surface area contributed by atoms with E-state index in [1.807, 2.05) is 0 Å². The van der Waals surface area contributed by atoms with Crippen LogP contribution in [0.5, 0.6) is 0 Å². The maximum absolute atomic E-state index is 12.5. The summed E-state index contributed by atoms with van der Waals surface area (Å²) in [6, 6.07) is 0. The standard InChI is InChI=1S/C13H23NO5S/c1-2-13(12(15)16)7-4-8-14(13)20(17,18)10-6-11-5-3-9-19-11/h11H,2-10H2,1H3,(H,15,16). The lowest BCUT2D eigenvalue weighted by atomic mass is 9.95. The van der Waals surface area contributed by atoms with E-state index in [9.17, 15) is 18.3 Å². The van der Waals surface area contributed by atoms with E-state index in [2.05, 4.69) is 0 Å². The zero-order valence-corrected chi connectivity index (χ0v) is 12.7. The Morgan fingerprint density at radius 2 is 2.20 bits per heavy atom. The van der Waals surface area contributed by atoms with Crippen LogP contribution in [0, 0.1) is 0 Å². The van der Waals surface area contributed by atoms with Crippen molar-refractivity contribution in [2.45, 2.75) is 57.1 Å². The largest absolute Gasteiger partial charge is 0.480 e. The van der Waals surface area contributed by atoms with Crippen LogP contribution in [0.4, 0.5) is 0 Å². The molecule has 2 heterocycles. The smallest absolute Gasteiger partial charge is 0.325 e. The lowest BCUT2D eigenvalue weighted by Gasteiger charge is -2.33. The average Bonchev–Trinajstić information content (AvgIpc) is 3.06. The molecule has 20 heavy (non-hydrogen) atoms. The van der Waals surface area contributed by atoms with Crippen molar-refractivity contribution < 1.29 is 23.1 Å². The highest BCUT2D eigenvalue weighted by atomic mass is 32.2. The van der Waals surface area contributed by atoms with Crippen molar-refractivity contribution in [2.24, 2.45) is 0 Å². The van der Waals surface area contributed by atoms with Gasteiger partial charge in [-0.3, -0.25) is 4.79 Å². The molecule has 0 saturated carbocycles. The van der Waals surface area contributed by atoms with Crippen molar-refractivity contribution >= 4 is 16.0 Å². The second-order valence-corrected chi connectivity index (χ2v) is 7.62. The quantitative estimate of drug-likeness (QED) is 0.797. The molecule has 2 rings (SSSR count). The van der Waals surface area contributed by atoms with Crippen molar-refractivity contribution in [1.29, 1.82) is 0 Å². The maximum atomic E-state index is 12.5. The predicted molar refractivity (Wildman–Crippen MR) is 74.0 cm³/mol. The van der Waals surface area contributed by atoms with E-state index >= 15 is 0 Å². The van der Waals surface area contributed by atoms with Gasteiger partial charge in [-0.25, -0.2) is 8.42 Å². The third-order valence-electron chi connectivity index (χ3n) is 4.47. The number of sulfonamides is 1. The Labute approximate surface area is 120 Å². The van der Waals surface area contributed by atoms with Crippen molar-refractivity contribution in [1.82, 2.24) is 4.31 Å². The Morgan fingerprint density at radius 3 is 2.75 bits per heavy atom. The molecular formula is C13H23NO5S. The number of ether oxygens (including phenoxy) is 1. The molecule has 2 fully saturated rings. The molecule has 0 aromatic rings. The topological polar surface area (TPSA) is 83.9 Å². The van der Waals surface area contributed by atoms with Gasteiger partial charge >= 0.3 is 5.97 Å². The Balaban J connectivity index is 2.09. The van der Waals surface area contributed by atoms with Gasteiger partial charge in [-0.15, -0.1) is 0 Å². The highest BCUT2D eigenvalue weighted by Gasteiger charge is 2.51. The molecule has 2 aliphatic heterocycles. The van der Waals surface area contributed by atoms with Crippen LogP contribution in [-0.2, 0) is 19.6 Å². The van der Waals surface area contributed by atoms with Gasteiger partial charge in [-0.05, 0) is 38.5 Å². The molecular weight excluding hydrogens is 282 g/mol. The number of nitrogens with zero attached hydrogens (tertiary/aromatic N) is 1. The maximum Gasteiger partial charge on any atom is 0.325 e. The molecule has 2 saturated heterocycles. The number of carbonyl (C=O) groups is 1. The Kier molecular flexibility index (Phi) is 4.71. The fourth-order valence-corrected chi connectivity index (χ4v) is 5.26. The molecule has 0 amide bonds. The van der Waals surface area contributed by atoms with Crippen molar-refractivity contribution in [3.05, 3.63) is 0 Å². The minimum Gasteiger partial charge on any atom is -0.480 e. The average molecular weight is 305 g/mol. The summed E-state index contributed by atoms with van der Waals surface area (Å²) in [5, 5.41) is 9.45. The summed E-state index contributed by atoms with van der Waals surface area (Å²) in [5.74, 6) is -1.05. The monoisotopic (exact) mass is 305 g/mol. The molecule has 0 aromatic heterocycles. The molecule has 6 nitrogen and oxygen atoms in total. The highest BCUT2D eigenvalue weighted by molar-refractivity contribution is 7.89. The second-order valence-electron chi connectivity index (χ2n) is 5.61. The van der Waals surface area contributed by atoms with Gasteiger partial charge in [0, 0.05) is 13.2 Å². The van der Waals surface area contributed by atoms with Crippen LogP contribution >= 0.6 is 0 Å². The Bertz CT molecular complexity index is 457. The van der Waals surface area contributed by atoms with Crippen LogP contribution < -0.4 is 0 Å². The van der Waals surface area contributed by atoms with E-state index in [0.29, 0.717) is 38.8 Å². The van der Waals surface area contributed by atoms with Crippen LogP contribution in [0.25, 0.3) is 0 Å². The first-order chi connectivity index (χ1) is 9.42. The summed E-state index contributed by atoms with van der Waals surface area (Å²) in [7, 11) is -3.54. The van der Waals surface area contributed by atoms with Crippen LogP contribution in [0.3, 0.4) is 0 Å². The number of hydrogen-bond acceptors (Lipinski definition) is 4. The third kappa shape index (κ3) is 2.84. The molecule has 0 aliphatic carbocycles. The molecule has 1 N–H and O–H groups in total. The minimum absolute atomic E-state index is 0.00762. The summed E-state index contributed by atoms with van der Waals surface area (Å²) in [6.45, 7) is 2.75. The first kappa shape index (κ1) is 15.7. The van der Waals surface area contributed by atoms with Crippen LogP contribution in [0.1, 0.15) is 45.4 Å². The normalized spacial score (nSPS) is 31.8. The van der Waals surface area contributed by atoms with E-state index in [1.165, 1.54) is 4.31 Å². The Morgan fingerprint density at radius 1 is 1.45 bits per heavy atom. The van der Waals surface area contributed by atoms with Gasteiger partial charge in [0.2, 0.25) is 10.0 Å². The van der Waals surface area contributed by atoms with Gasteiger partial charge in [-0.2, -0.15) is 4.31 Å². The summed E-state index contributed by atoms with van der Waals surface area (Å²) < 4.78 is 31.6. The number of aliphatic carboxylic acids is 1. The van der Waals surface area contributed by atoms with Gasteiger partial charge in [0.25, 0.3) is 0 Å². The fourth-order valence-electron chi connectivity index (χ4n) is 3.24. The molecule has 0 radical (unpaired) electrons. The molecule has 2 atom stereocenters. The summed E-state index contributed by atoms with van der Waals surface area (Å²) in [5.41, 5.74) is -1.24. The number of hydrogen-bond donors (Lipinski definition) is 1. The molecule has 2 unspecified atom stereocenters. The highest BCUT2D eigenvalue weighted by Crippen LogP contribution is 2.35. The first-order valence-electron chi connectivity index (χ1n) is 7.28.